The lowest BCUT2D eigenvalue weighted by molar-refractivity contribution is 0.102. The maximum atomic E-state index is 12.6. The lowest BCUT2D eigenvalue weighted by Gasteiger charge is -2.10. The van der Waals surface area contributed by atoms with Crippen molar-refractivity contribution in [1.29, 1.82) is 0 Å². The molecule has 0 saturated carbocycles. The van der Waals surface area contributed by atoms with E-state index in [2.05, 4.69) is 10.3 Å². The van der Waals surface area contributed by atoms with Gasteiger partial charge in [0.2, 0.25) is 0 Å². The number of anilines is 1. The minimum Gasteiger partial charge on any atom is -0.396 e. The minimum atomic E-state index is -0.168. The third kappa shape index (κ3) is 3.44. The molecule has 3 rings (SSSR count). The lowest BCUT2D eigenvalue weighted by Crippen LogP contribution is -2.14. The second-order valence-corrected chi connectivity index (χ2v) is 5.94. The first-order valence-corrected chi connectivity index (χ1v) is 7.96. The molecule has 0 aliphatic rings. The summed E-state index contributed by atoms with van der Waals surface area (Å²) in [5, 5.41) is 12.8. The molecule has 1 amide bonds. The lowest BCUT2D eigenvalue weighted by atomic mass is 10.1. The normalized spacial score (nSPS) is 10.8. The van der Waals surface area contributed by atoms with Crippen LogP contribution in [0.5, 0.6) is 0 Å². The smallest absolute Gasteiger partial charge is 0.257 e. The Hall–Kier alpha value is -2.72. The number of aliphatic hydroxyl groups is 1. The first-order valence-electron chi connectivity index (χ1n) is 7.96. The molecule has 3 aromatic rings. The quantitative estimate of drug-likeness (QED) is 0.771. The van der Waals surface area contributed by atoms with E-state index in [0.29, 0.717) is 17.7 Å². The van der Waals surface area contributed by atoms with Gasteiger partial charge in [-0.2, -0.15) is 0 Å². The van der Waals surface area contributed by atoms with Gasteiger partial charge in [-0.05, 0) is 56.2 Å². The number of aromatic nitrogens is 1. The Bertz CT molecular complexity index is 886. The van der Waals surface area contributed by atoms with Crippen molar-refractivity contribution in [1.82, 2.24) is 4.98 Å². The molecule has 1 heterocycles. The van der Waals surface area contributed by atoms with Gasteiger partial charge in [0.25, 0.3) is 5.91 Å². The number of hydrogen-bond acceptors (Lipinski definition) is 3. The van der Waals surface area contributed by atoms with Crippen LogP contribution in [0.3, 0.4) is 0 Å². The molecule has 0 spiro atoms. The number of carbonyl (C=O) groups is 1. The van der Waals surface area contributed by atoms with Crippen molar-refractivity contribution in [2.24, 2.45) is 0 Å². The number of nitrogens with one attached hydrogen (secondary N) is 1. The Morgan fingerprint density at radius 2 is 1.83 bits per heavy atom. The second kappa shape index (κ2) is 6.81. The second-order valence-electron chi connectivity index (χ2n) is 5.94. The Labute approximate surface area is 141 Å². The van der Waals surface area contributed by atoms with Gasteiger partial charge in [0, 0.05) is 17.7 Å². The van der Waals surface area contributed by atoms with Crippen LogP contribution in [0.1, 0.15) is 27.2 Å². The van der Waals surface area contributed by atoms with Gasteiger partial charge in [-0.15, -0.1) is 0 Å². The van der Waals surface area contributed by atoms with Crippen LogP contribution >= 0.6 is 0 Å². The van der Waals surface area contributed by atoms with E-state index in [1.807, 2.05) is 62.4 Å². The van der Waals surface area contributed by atoms with Gasteiger partial charge in [-0.25, -0.2) is 0 Å². The third-order valence-electron chi connectivity index (χ3n) is 4.02. The number of fused-ring (bicyclic) bond motifs is 1. The standard InChI is InChI=1S/C20H20N2O2/c1-13-3-8-19-16(11-13)12-18(14(2)21-19)20(24)22-17-6-4-15(5-7-17)9-10-23/h3-8,11-12,23H,9-10H2,1-2H3,(H,22,24). The van der Waals surface area contributed by atoms with Gasteiger partial charge in [0.05, 0.1) is 16.8 Å². The summed E-state index contributed by atoms with van der Waals surface area (Å²) in [6.45, 7) is 3.98. The molecule has 2 N–H and O–H groups in total. The Morgan fingerprint density at radius 1 is 1.08 bits per heavy atom. The Morgan fingerprint density at radius 3 is 2.54 bits per heavy atom. The molecule has 0 bridgehead atoms. The van der Waals surface area contributed by atoms with Crippen LogP contribution in [0.15, 0.2) is 48.5 Å². The van der Waals surface area contributed by atoms with E-state index in [9.17, 15) is 4.79 Å². The highest BCUT2D eigenvalue weighted by Crippen LogP contribution is 2.19. The summed E-state index contributed by atoms with van der Waals surface area (Å²) in [6, 6.07) is 15.4. The molecule has 0 radical (unpaired) electrons. The van der Waals surface area contributed by atoms with Crippen molar-refractivity contribution in [3.63, 3.8) is 0 Å². The Balaban J connectivity index is 1.86. The summed E-state index contributed by atoms with van der Waals surface area (Å²) in [4.78, 5) is 17.1. The number of hydrogen-bond donors (Lipinski definition) is 2. The van der Waals surface area contributed by atoms with Crippen LogP contribution in [0.4, 0.5) is 5.69 Å². The number of amides is 1. The fourth-order valence-electron chi connectivity index (χ4n) is 2.70. The van der Waals surface area contributed by atoms with E-state index >= 15 is 0 Å². The summed E-state index contributed by atoms with van der Waals surface area (Å²) in [7, 11) is 0. The molecule has 0 fully saturated rings. The third-order valence-corrected chi connectivity index (χ3v) is 4.02. The molecule has 4 nitrogen and oxygen atoms in total. The molecule has 1 aromatic heterocycles. The van der Waals surface area contributed by atoms with E-state index in [1.54, 1.807) is 0 Å². The predicted molar refractivity (Wildman–Crippen MR) is 96.4 cm³/mol. The van der Waals surface area contributed by atoms with Crippen LogP contribution < -0.4 is 5.32 Å². The van der Waals surface area contributed by atoms with Crippen molar-refractivity contribution in [2.75, 3.05) is 11.9 Å². The molecule has 122 valence electrons. The minimum absolute atomic E-state index is 0.118. The molecular formula is C20H20N2O2. The average molecular weight is 320 g/mol. The van der Waals surface area contributed by atoms with Gasteiger partial charge in [0.1, 0.15) is 0 Å². The highest BCUT2D eigenvalue weighted by atomic mass is 16.2. The van der Waals surface area contributed by atoms with Crippen LogP contribution in [0.2, 0.25) is 0 Å². The zero-order valence-corrected chi connectivity index (χ0v) is 13.8. The molecule has 0 aliphatic carbocycles. The largest absolute Gasteiger partial charge is 0.396 e. The van der Waals surface area contributed by atoms with Crippen LogP contribution in [-0.2, 0) is 6.42 Å². The molecule has 0 unspecified atom stereocenters. The summed E-state index contributed by atoms with van der Waals surface area (Å²) >= 11 is 0. The maximum absolute atomic E-state index is 12.6. The fraction of sp³-hybridized carbons (Fsp3) is 0.200. The number of rotatable bonds is 4. The van der Waals surface area contributed by atoms with Gasteiger partial charge < -0.3 is 10.4 Å². The zero-order valence-electron chi connectivity index (χ0n) is 13.8. The van der Waals surface area contributed by atoms with E-state index in [-0.39, 0.29) is 12.5 Å². The van der Waals surface area contributed by atoms with Crippen molar-refractivity contribution in [3.05, 3.63) is 70.9 Å². The summed E-state index contributed by atoms with van der Waals surface area (Å²) in [5.41, 5.74) is 5.08. The fourth-order valence-corrected chi connectivity index (χ4v) is 2.70. The molecule has 0 aliphatic heterocycles. The molecule has 0 saturated heterocycles. The van der Waals surface area contributed by atoms with Crippen molar-refractivity contribution >= 4 is 22.5 Å². The average Bonchev–Trinajstić information content (AvgIpc) is 2.56. The van der Waals surface area contributed by atoms with Gasteiger partial charge >= 0.3 is 0 Å². The molecule has 0 atom stereocenters. The highest BCUT2D eigenvalue weighted by Gasteiger charge is 2.12. The first-order chi connectivity index (χ1) is 11.6. The molecule has 2 aromatic carbocycles. The van der Waals surface area contributed by atoms with Gasteiger partial charge in [0.15, 0.2) is 0 Å². The summed E-state index contributed by atoms with van der Waals surface area (Å²) in [6.07, 6.45) is 0.612. The van der Waals surface area contributed by atoms with E-state index in [0.717, 1.165) is 27.7 Å². The molecule has 24 heavy (non-hydrogen) atoms. The van der Waals surface area contributed by atoms with Crippen molar-refractivity contribution < 1.29 is 9.90 Å². The molecule has 4 heteroatoms. The van der Waals surface area contributed by atoms with Crippen LogP contribution in [0.25, 0.3) is 10.9 Å². The number of pyridine rings is 1. The monoisotopic (exact) mass is 320 g/mol. The number of aryl methyl sites for hydroxylation is 2. The number of benzene rings is 2. The van der Waals surface area contributed by atoms with Gasteiger partial charge in [-0.1, -0.05) is 23.8 Å². The predicted octanol–water partition coefficient (Wildman–Crippen LogP) is 3.64. The summed E-state index contributed by atoms with van der Waals surface area (Å²) < 4.78 is 0. The SMILES string of the molecule is Cc1ccc2nc(C)c(C(=O)Nc3ccc(CCO)cc3)cc2c1. The number of aliphatic hydroxyl groups excluding tert-OH is 1. The molecular weight excluding hydrogens is 300 g/mol. The van der Waals surface area contributed by atoms with E-state index in [4.69, 9.17) is 5.11 Å². The van der Waals surface area contributed by atoms with Crippen LogP contribution in [-0.4, -0.2) is 22.6 Å². The van der Waals surface area contributed by atoms with Gasteiger partial charge in [-0.3, -0.25) is 9.78 Å². The van der Waals surface area contributed by atoms with Crippen LogP contribution in [0, 0.1) is 13.8 Å². The first kappa shape index (κ1) is 16.1. The van der Waals surface area contributed by atoms with E-state index < -0.39 is 0 Å². The zero-order chi connectivity index (χ0) is 17.1. The summed E-state index contributed by atoms with van der Waals surface area (Å²) in [5.74, 6) is -0.168. The topological polar surface area (TPSA) is 62.2 Å². The maximum Gasteiger partial charge on any atom is 0.257 e. The highest BCUT2D eigenvalue weighted by molar-refractivity contribution is 6.06. The number of carbonyl (C=O) groups excluding carboxylic acids is 1. The Kier molecular flexibility index (Phi) is 4.58. The van der Waals surface area contributed by atoms with Crippen molar-refractivity contribution in [2.45, 2.75) is 20.3 Å². The van der Waals surface area contributed by atoms with Crippen molar-refractivity contribution in [3.8, 4) is 0 Å². The van der Waals surface area contributed by atoms with E-state index in [1.165, 1.54) is 0 Å². The number of nitrogens with zero attached hydrogens (tertiary/aromatic N) is 1.